The Labute approximate surface area is 140 Å². The van der Waals surface area contributed by atoms with Crippen molar-refractivity contribution in [3.05, 3.63) is 42.0 Å². The summed E-state index contributed by atoms with van der Waals surface area (Å²) in [5.74, 6) is -1.03. The molecule has 2 aliphatic rings. The zero-order valence-electron chi connectivity index (χ0n) is 13.7. The third-order valence-electron chi connectivity index (χ3n) is 4.56. The summed E-state index contributed by atoms with van der Waals surface area (Å²) in [7, 11) is 0. The predicted molar refractivity (Wildman–Crippen MR) is 86.3 cm³/mol. The third-order valence-corrected chi connectivity index (χ3v) is 4.56. The molecule has 2 unspecified atom stereocenters. The molecular formula is C18H19NO5. The van der Waals surface area contributed by atoms with E-state index in [4.69, 9.17) is 9.47 Å². The second-order valence-electron chi connectivity index (χ2n) is 6.46. The monoisotopic (exact) mass is 329 g/mol. The van der Waals surface area contributed by atoms with Crippen LogP contribution in [0.4, 0.5) is 5.69 Å². The average molecular weight is 329 g/mol. The largest absolute Gasteiger partial charge is 0.465 e. The van der Waals surface area contributed by atoms with E-state index in [1.807, 2.05) is 13.8 Å². The summed E-state index contributed by atoms with van der Waals surface area (Å²) in [5, 5.41) is 0. The molecule has 2 atom stereocenters. The van der Waals surface area contributed by atoms with E-state index >= 15 is 0 Å². The molecule has 1 fully saturated rings. The number of hydrogen-bond donors (Lipinski definition) is 0. The Bertz CT molecular complexity index is 691. The molecule has 1 aromatic carbocycles. The summed E-state index contributed by atoms with van der Waals surface area (Å²) in [4.78, 5) is 36.3. The van der Waals surface area contributed by atoms with E-state index in [2.05, 4.69) is 0 Å². The number of ether oxygens (including phenoxy) is 2. The maximum atomic E-state index is 12.0. The minimum absolute atomic E-state index is 0.0914. The molecule has 1 saturated heterocycles. The summed E-state index contributed by atoms with van der Waals surface area (Å²) < 4.78 is 10.7. The van der Waals surface area contributed by atoms with Crippen molar-refractivity contribution in [3.8, 4) is 0 Å². The molecule has 0 saturated carbocycles. The van der Waals surface area contributed by atoms with Crippen molar-refractivity contribution in [1.82, 2.24) is 0 Å². The van der Waals surface area contributed by atoms with Crippen molar-refractivity contribution in [2.24, 2.45) is 5.41 Å². The highest BCUT2D eigenvalue weighted by molar-refractivity contribution is 6.28. The van der Waals surface area contributed by atoms with Gasteiger partial charge in [0.25, 0.3) is 11.8 Å². The van der Waals surface area contributed by atoms with Crippen molar-refractivity contribution in [1.29, 1.82) is 0 Å². The Morgan fingerprint density at radius 3 is 2.38 bits per heavy atom. The molecule has 0 N–H and O–H groups in total. The minimum Gasteiger partial charge on any atom is -0.465 e. The van der Waals surface area contributed by atoms with Crippen LogP contribution in [0.25, 0.3) is 0 Å². The molecule has 0 aliphatic carbocycles. The number of nitrogens with zero attached hydrogens (tertiary/aromatic N) is 1. The van der Waals surface area contributed by atoms with Gasteiger partial charge in [0.2, 0.25) is 0 Å². The second-order valence-corrected chi connectivity index (χ2v) is 6.46. The van der Waals surface area contributed by atoms with Gasteiger partial charge in [-0.15, -0.1) is 0 Å². The molecule has 0 bridgehead atoms. The predicted octanol–water partition coefficient (Wildman–Crippen LogP) is 1.63. The lowest BCUT2D eigenvalue weighted by Crippen LogP contribution is -2.51. The number of rotatable bonds is 5. The summed E-state index contributed by atoms with van der Waals surface area (Å²) in [6.07, 6.45) is 2.71. The number of benzene rings is 1. The number of carbonyl (C=O) groups is 3. The Morgan fingerprint density at radius 1 is 1.25 bits per heavy atom. The first kappa shape index (κ1) is 16.4. The molecule has 2 amide bonds. The van der Waals surface area contributed by atoms with Crippen LogP contribution in [0.15, 0.2) is 36.4 Å². The Morgan fingerprint density at radius 2 is 1.88 bits per heavy atom. The zero-order valence-corrected chi connectivity index (χ0v) is 13.7. The SMILES string of the molecule is CC1OCC1(C)COC(=O)Cc1ccc(N2C(=O)C=CC2=O)cc1. The smallest absolute Gasteiger partial charge is 0.310 e. The van der Waals surface area contributed by atoms with Gasteiger partial charge in [0.1, 0.15) is 6.61 Å². The van der Waals surface area contributed by atoms with E-state index in [0.29, 0.717) is 18.9 Å². The first-order valence-corrected chi connectivity index (χ1v) is 7.81. The summed E-state index contributed by atoms with van der Waals surface area (Å²) in [6, 6.07) is 6.72. The molecule has 24 heavy (non-hydrogen) atoms. The van der Waals surface area contributed by atoms with Crippen molar-refractivity contribution < 1.29 is 23.9 Å². The molecule has 1 aromatic rings. The quantitative estimate of drug-likeness (QED) is 0.606. The average Bonchev–Trinajstić information content (AvgIpc) is 2.91. The van der Waals surface area contributed by atoms with Gasteiger partial charge in [0.05, 0.1) is 30.2 Å². The highest BCUT2D eigenvalue weighted by atomic mass is 16.6. The van der Waals surface area contributed by atoms with Gasteiger partial charge < -0.3 is 9.47 Å². The van der Waals surface area contributed by atoms with E-state index < -0.39 is 0 Å². The lowest BCUT2D eigenvalue weighted by Gasteiger charge is -2.44. The Hall–Kier alpha value is -2.47. The van der Waals surface area contributed by atoms with Crippen molar-refractivity contribution >= 4 is 23.5 Å². The van der Waals surface area contributed by atoms with E-state index in [0.717, 1.165) is 10.5 Å². The van der Waals surface area contributed by atoms with E-state index in [9.17, 15) is 14.4 Å². The van der Waals surface area contributed by atoms with E-state index in [-0.39, 0.29) is 35.7 Å². The lowest BCUT2D eigenvalue weighted by atomic mass is 9.82. The van der Waals surface area contributed by atoms with Gasteiger partial charge in [-0.3, -0.25) is 14.4 Å². The minimum atomic E-state index is -0.364. The lowest BCUT2D eigenvalue weighted by molar-refractivity contribution is -0.197. The molecule has 0 spiro atoms. The normalized spacial score (nSPS) is 25.8. The van der Waals surface area contributed by atoms with E-state index in [1.54, 1.807) is 24.3 Å². The first-order valence-electron chi connectivity index (χ1n) is 7.81. The molecule has 0 aromatic heterocycles. The van der Waals surface area contributed by atoms with Gasteiger partial charge in [-0.05, 0) is 24.6 Å². The summed E-state index contributed by atoms with van der Waals surface area (Å²) in [6.45, 7) is 4.93. The summed E-state index contributed by atoms with van der Waals surface area (Å²) >= 11 is 0. The van der Waals surface area contributed by atoms with Gasteiger partial charge in [0, 0.05) is 12.2 Å². The van der Waals surface area contributed by atoms with Crippen LogP contribution in [0.2, 0.25) is 0 Å². The van der Waals surface area contributed by atoms with Gasteiger partial charge in [0.15, 0.2) is 0 Å². The zero-order chi connectivity index (χ0) is 17.3. The molecule has 2 aliphatic heterocycles. The number of imide groups is 1. The van der Waals surface area contributed by atoms with Crippen molar-refractivity contribution in [2.75, 3.05) is 18.1 Å². The van der Waals surface area contributed by atoms with Crippen LogP contribution >= 0.6 is 0 Å². The van der Waals surface area contributed by atoms with Crippen molar-refractivity contribution in [3.63, 3.8) is 0 Å². The molecule has 2 heterocycles. The van der Waals surface area contributed by atoms with E-state index in [1.165, 1.54) is 12.2 Å². The maximum absolute atomic E-state index is 12.0. The van der Waals surface area contributed by atoms with Gasteiger partial charge in [-0.1, -0.05) is 19.1 Å². The van der Waals surface area contributed by atoms with Crippen LogP contribution < -0.4 is 4.90 Å². The van der Waals surface area contributed by atoms with Crippen molar-refractivity contribution in [2.45, 2.75) is 26.4 Å². The van der Waals surface area contributed by atoms with Crippen LogP contribution in [0.1, 0.15) is 19.4 Å². The Kier molecular flexibility index (Phi) is 4.24. The fourth-order valence-electron chi connectivity index (χ4n) is 2.57. The number of amides is 2. The molecule has 6 nitrogen and oxygen atoms in total. The summed E-state index contributed by atoms with van der Waals surface area (Å²) in [5.41, 5.74) is 1.14. The highest BCUT2D eigenvalue weighted by Gasteiger charge is 2.42. The topological polar surface area (TPSA) is 72.9 Å². The standard InChI is InChI=1S/C18H19NO5/c1-12-18(2,10-23-12)11-24-17(22)9-13-3-5-14(6-4-13)19-15(20)7-8-16(19)21/h3-8,12H,9-11H2,1-2H3. The molecule has 3 rings (SSSR count). The number of anilines is 1. The number of carbonyl (C=O) groups excluding carboxylic acids is 3. The van der Waals surface area contributed by atoms with Crippen LogP contribution in [-0.4, -0.2) is 37.1 Å². The molecular weight excluding hydrogens is 310 g/mol. The maximum Gasteiger partial charge on any atom is 0.310 e. The van der Waals surface area contributed by atoms with Gasteiger partial charge in [-0.2, -0.15) is 0 Å². The van der Waals surface area contributed by atoms with Gasteiger partial charge in [-0.25, -0.2) is 4.90 Å². The fraction of sp³-hybridized carbons (Fsp3) is 0.389. The Balaban J connectivity index is 1.55. The fourth-order valence-corrected chi connectivity index (χ4v) is 2.57. The van der Waals surface area contributed by atoms with Crippen LogP contribution in [0.3, 0.4) is 0 Å². The number of hydrogen-bond acceptors (Lipinski definition) is 5. The van der Waals surface area contributed by atoms with Crippen LogP contribution in [0.5, 0.6) is 0 Å². The third kappa shape index (κ3) is 3.10. The molecule has 0 radical (unpaired) electrons. The highest BCUT2D eigenvalue weighted by Crippen LogP contribution is 2.34. The van der Waals surface area contributed by atoms with Crippen LogP contribution in [-0.2, 0) is 30.3 Å². The second kappa shape index (κ2) is 6.20. The van der Waals surface area contributed by atoms with Gasteiger partial charge >= 0.3 is 5.97 Å². The number of esters is 1. The van der Waals surface area contributed by atoms with Crippen LogP contribution in [0, 0.1) is 5.41 Å². The first-order chi connectivity index (χ1) is 11.4. The molecule has 6 heteroatoms. The molecule has 126 valence electrons.